The van der Waals surface area contributed by atoms with Gasteiger partial charge in [-0.25, -0.2) is 5.10 Å². The second-order valence-electron chi connectivity index (χ2n) is 4.34. The number of carbonyl (C=O) groups excluding carboxylic acids is 1. The molecule has 2 heterocycles. The van der Waals surface area contributed by atoms with Crippen LogP contribution in [0.3, 0.4) is 0 Å². The smallest absolute Gasteiger partial charge is 0.278 e. The van der Waals surface area contributed by atoms with Crippen LogP contribution < -0.4 is 20.9 Å². The van der Waals surface area contributed by atoms with Gasteiger partial charge in [-0.2, -0.15) is 5.10 Å². The number of hydrogen-bond acceptors (Lipinski definition) is 5. The molecule has 0 aliphatic carbocycles. The molecule has 1 aliphatic rings. The van der Waals surface area contributed by atoms with Crippen LogP contribution in [0.4, 0.5) is 11.4 Å². The zero-order valence-corrected chi connectivity index (χ0v) is 10.5. The van der Waals surface area contributed by atoms with Gasteiger partial charge >= 0.3 is 0 Å². The Bertz CT molecular complexity index is 705. The molecule has 0 fully saturated rings. The van der Waals surface area contributed by atoms with E-state index in [0.717, 1.165) is 0 Å². The second-order valence-corrected chi connectivity index (χ2v) is 4.34. The standard InChI is InChI=1S/C13H12N4O3/c14-8-1-3-11-10(7-8)17(5-6-20-11)13(19)9-2-4-12(18)16-15-9/h1-4,7H,5-6,14H2,(H,16,18). The normalized spacial score (nSPS) is 13.5. The number of nitrogens with zero attached hydrogens (tertiary/aromatic N) is 2. The van der Waals surface area contributed by atoms with E-state index in [2.05, 4.69) is 10.2 Å². The number of carbonyl (C=O) groups is 1. The maximum Gasteiger partial charge on any atom is 0.278 e. The van der Waals surface area contributed by atoms with E-state index >= 15 is 0 Å². The molecule has 0 spiro atoms. The number of anilines is 2. The molecule has 0 atom stereocenters. The first-order chi connectivity index (χ1) is 9.65. The van der Waals surface area contributed by atoms with Gasteiger partial charge in [-0.05, 0) is 24.3 Å². The van der Waals surface area contributed by atoms with Crippen LogP contribution in [-0.2, 0) is 0 Å². The summed E-state index contributed by atoms with van der Waals surface area (Å²) in [6.07, 6.45) is 0. The summed E-state index contributed by atoms with van der Waals surface area (Å²) in [6.45, 7) is 0.794. The van der Waals surface area contributed by atoms with Crippen LogP contribution in [0.15, 0.2) is 35.1 Å². The fourth-order valence-corrected chi connectivity index (χ4v) is 2.05. The summed E-state index contributed by atoms with van der Waals surface area (Å²) in [5, 5.41) is 5.99. The molecular weight excluding hydrogens is 260 g/mol. The van der Waals surface area contributed by atoms with E-state index in [1.54, 1.807) is 18.2 Å². The molecular formula is C13H12N4O3. The third kappa shape index (κ3) is 2.09. The van der Waals surface area contributed by atoms with E-state index < -0.39 is 0 Å². The van der Waals surface area contributed by atoms with Crippen molar-refractivity contribution in [1.29, 1.82) is 0 Å². The Morgan fingerprint density at radius 3 is 2.95 bits per heavy atom. The van der Waals surface area contributed by atoms with Gasteiger partial charge in [0.05, 0.1) is 12.2 Å². The van der Waals surface area contributed by atoms with Gasteiger partial charge in [0.2, 0.25) is 0 Å². The summed E-state index contributed by atoms with van der Waals surface area (Å²) >= 11 is 0. The highest BCUT2D eigenvalue weighted by Gasteiger charge is 2.25. The molecule has 1 aromatic heterocycles. The van der Waals surface area contributed by atoms with Gasteiger partial charge in [0.15, 0.2) is 0 Å². The van der Waals surface area contributed by atoms with Gasteiger partial charge in [0, 0.05) is 11.8 Å². The lowest BCUT2D eigenvalue weighted by molar-refractivity contribution is 0.0970. The minimum absolute atomic E-state index is 0.167. The van der Waals surface area contributed by atoms with E-state index in [9.17, 15) is 9.59 Å². The number of rotatable bonds is 1. The molecule has 1 aromatic carbocycles. The maximum atomic E-state index is 12.4. The number of hydrogen-bond donors (Lipinski definition) is 2. The molecule has 1 aliphatic heterocycles. The van der Waals surface area contributed by atoms with Crippen molar-refractivity contribution in [2.45, 2.75) is 0 Å². The van der Waals surface area contributed by atoms with Crippen molar-refractivity contribution in [1.82, 2.24) is 10.2 Å². The predicted molar refractivity (Wildman–Crippen MR) is 72.9 cm³/mol. The molecule has 0 saturated carbocycles. The van der Waals surface area contributed by atoms with E-state index in [4.69, 9.17) is 10.5 Å². The third-order valence-electron chi connectivity index (χ3n) is 2.99. The Hall–Kier alpha value is -2.83. The van der Waals surface area contributed by atoms with E-state index in [-0.39, 0.29) is 17.2 Å². The Morgan fingerprint density at radius 2 is 2.20 bits per heavy atom. The zero-order valence-electron chi connectivity index (χ0n) is 10.5. The molecule has 20 heavy (non-hydrogen) atoms. The molecule has 7 heteroatoms. The van der Waals surface area contributed by atoms with Gasteiger partial charge in [-0.15, -0.1) is 0 Å². The molecule has 0 bridgehead atoms. The Labute approximate surface area is 114 Å². The lowest BCUT2D eigenvalue weighted by Gasteiger charge is -2.29. The summed E-state index contributed by atoms with van der Waals surface area (Å²) in [6, 6.07) is 7.77. The quantitative estimate of drug-likeness (QED) is 0.731. The number of aromatic amines is 1. The largest absolute Gasteiger partial charge is 0.490 e. The van der Waals surface area contributed by atoms with Crippen LogP contribution >= 0.6 is 0 Å². The van der Waals surface area contributed by atoms with Crippen LogP contribution in [0.1, 0.15) is 10.5 Å². The second kappa shape index (κ2) is 4.69. The van der Waals surface area contributed by atoms with E-state index in [0.29, 0.717) is 30.3 Å². The first kappa shape index (κ1) is 12.2. The number of fused-ring (bicyclic) bond motifs is 1. The fourth-order valence-electron chi connectivity index (χ4n) is 2.05. The lowest BCUT2D eigenvalue weighted by atomic mass is 10.2. The monoisotopic (exact) mass is 272 g/mol. The average molecular weight is 272 g/mol. The molecule has 7 nitrogen and oxygen atoms in total. The highest BCUT2D eigenvalue weighted by Crippen LogP contribution is 2.33. The summed E-state index contributed by atoms with van der Waals surface area (Å²) in [4.78, 5) is 25.0. The number of H-pyrrole nitrogens is 1. The molecule has 0 saturated heterocycles. The fraction of sp³-hybridized carbons (Fsp3) is 0.154. The van der Waals surface area contributed by atoms with Gasteiger partial charge < -0.3 is 10.5 Å². The van der Waals surface area contributed by atoms with Gasteiger partial charge in [-0.1, -0.05) is 0 Å². The van der Waals surface area contributed by atoms with Gasteiger partial charge in [0.25, 0.3) is 11.5 Å². The SMILES string of the molecule is Nc1ccc2c(c1)N(C(=O)c1ccc(=O)[nH]n1)CCO2. The number of aromatic nitrogens is 2. The first-order valence-electron chi connectivity index (χ1n) is 6.05. The summed E-state index contributed by atoms with van der Waals surface area (Å²) in [7, 11) is 0. The Morgan fingerprint density at radius 1 is 1.35 bits per heavy atom. The lowest BCUT2D eigenvalue weighted by Crippen LogP contribution is -2.38. The maximum absolute atomic E-state index is 12.4. The molecule has 2 aromatic rings. The molecule has 0 radical (unpaired) electrons. The highest BCUT2D eigenvalue weighted by atomic mass is 16.5. The van der Waals surface area contributed by atoms with E-state index in [1.165, 1.54) is 17.0 Å². The van der Waals surface area contributed by atoms with Crippen LogP contribution in [0.5, 0.6) is 5.75 Å². The van der Waals surface area contributed by atoms with Crippen molar-refractivity contribution in [2.24, 2.45) is 0 Å². The number of nitrogens with two attached hydrogens (primary N) is 1. The minimum atomic E-state index is -0.354. The van der Waals surface area contributed by atoms with E-state index in [1.807, 2.05) is 0 Å². The first-order valence-corrected chi connectivity index (χ1v) is 6.05. The van der Waals surface area contributed by atoms with Gasteiger partial charge in [-0.3, -0.25) is 14.5 Å². The predicted octanol–water partition coefficient (Wildman–Crippen LogP) is 0.391. The Kier molecular flexibility index (Phi) is 2.86. The van der Waals surface area contributed by atoms with Crippen LogP contribution in [0.25, 0.3) is 0 Å². The number of ether oxygens (including phenoxy) is 1. The van der Waals surface area contributed by atoms with Crippen LogP contribution in [0.2, 0.25) is 0 Å². The van der Waals surface area contributed by atoms with Crippen molar-refractivity contribution in [2.75, 3.05) is 23.8 Å². The number of nitrogen functional groups attached to an aromatic ring is 1. The minimum Gasteiger partial charge on any atom is -0.490 e. The third-order valence-corrected chi connectivity index (χ3v) is 2.99. The van der Waals surface area contributed by atoms with Crippen LogP contribution in [-0.4, -0.2) is 29.3 Å². The van der Waals surface area contributed by atoms with Crippen molar-refractivity contribution >= 4 is 17.3 Å². The summed E-state index contributed by atoms with van der Waals surface area (Å²) in [5.41, 5.74) is 6.71. The van der Waals surface area contributed by atoms with Gasteiger partial charge in [0.1, 0.15) is 18.1 Å². The number of nitrogens with one attached hydrogen (secondary N) is 1. The summed E-state index contributed by atoms with van der Waals surface area (Å²) in [5.74, 6) is 0.291. The zero-order chi connectivity index (χ0) is 14.1. The van der Waals surface area contributed by atoms with Crippen molar-refractivity contribution in [3.8, 4) is 5.75 Å². The molecule has 3 N–H and O–H groups in total. The topological polar surface area (TPSA) is 101 Å². The molecule has 0 unspecified atom stereocenters. The number of benzene rings is 1. The average Bonchev–Trinajstić information content (AvgIpc) is 2.46. The summed E-state index contributed by atoms with van der Waals surface area (Å²) < 4.78 is 5.49. The van der Waals surface area contributed by atoms with Crippen molar-refractivity contribution in [3.63, 3.8) is 0 Å². The molecule has 1 amide bonds. The van der Waals surface area contributed by atoms with Crippen molar-refractivity contribution < 1.29 is 9.53 Å². The molecule has 102 valence electrons. The molecule has 3 rings (SSSR count). The Balaban J connectivity index is 1.99. The van der Waals surface area contributed by atoms with Crippen molar-refractivity contribution in [3.05, 3.63) is 46.4 Å². The highest BCUT2D eigenvalue weighted by molar-refractivity contribution is 6.06. The van der Waals surface area contributed by atoms with Crippen LogP contribution in [0, 0.1) is 0 Å². The number of amides is 1.